The molecule has 0 aliphatic carbocycles. The maximum absolute atomic E-state index is 13.2. The number of nitrogens with zero attached hydrogens (tertiary/aromatic N) is 3. The summed E-state index contributed by atoms with van der Waals surface area (Å²) < 4.78 is 39.3. The Hall–Kier alpha value is -4.01. The van der Waals surface area contributed by atoms with Gasteiger partial charge in [0.05, 0.1) is 33.5 Å². The molecule has 1 aliphatic heterocycles. The van der Waals surface area contributed by atoms with Crippen LogP contribution in [0.5, 0.6) is 0 Å². The van der Waals surface area contributed by atoms with Crippen LogP contribution in [0, 0.1) is 0 Å². The first kappa shape index (κ1) is 18.0. The Morgan fingerprint density at radius 2 is 1.70 bits per heavy atom. The van der Waals surface area contributed by atoms with Crippen molar-refractivity contribution in [1.29, 1.82) is 0 Å². The molecule has 0 unspecified atom stereocenters. The van der Waals surface area contributed by atoms with Crippen molar-refractivity contribution < 1.29 is 22.8 Å². The van der Waals surface area contributed by atoms with Crippen LogP contribution in [0.4, 0.5) is 18.9 Å². The van der Waals surface area contributed by atoms with Gasteiger partial charge in [-0.15, -0.1) is 0 Å². The van der Waals surface area contributed by atoms with E-state index in [2.05, 4.69) is 15.2 Å². The van der Waals surface area contributed by atoms with E-state index < -0.39 is 23.6 Å². The molecule has 4 aromatic rings. The Labute approximate surface area is 167 Å². The summed E-state index contributed by atoms with van der Waals surface area (Å²) in [5, 5.41) is 7.30. The fourth-order valence-electron chi connectivity index (χ4n) is 3.57. The summed E-state index contributed by atoms with van der Waals surface area (Å²) >= 11 is 0. The van der Waals surface area contributed by atoms with Gasteiger partial charge in [-0.1, -0.05) is 36.4 Å². The maximum atomic E-state index is 13.2. The molecule has 2 aromatic heterocycles. The molecular formula is C21H11F3N4O2. The summed E-state index contributed by atoms with van der Waals surface area (Å²) in [6, 6.07) is 13.1. The van der Waals surface area contributed by atoms with Crippen LogP contribution in [-0.4, -0.2) is 27.0 Å². The molecule has 0 bridgehead atoms. The van der Waals surface area contributed by atoms with Gasteiger partial charge in [0.2, 0.25) is 0 Å². The topological polar surface area (TPSA) is 79.0 Å². The second kappa shape index (κ2) is 6.24. The van der Waals surface area contributed by atoms with Gasteiger partial charge in [0, 0.05) is 11.8 Å². The van der Waals surface area contributed by atoms with Crippen LogP contribution >= 0.6 is 0 Å². The lowest BCUT2D eigenvalue weighted by Gasteiger charge is -2.16. The number of alkyl halides is 3. The summed E-state index contributed by atoms with van der Waals surface area (Å²) in [6.45, 7) is 0. The summed E-state index contributed by atoms with van der Waals surface area (Å²) in [5.41, 5.74) is 0.440. The molecule has 1 aliphatic rings. The summed E-state index contributed by atoms with van der Waals surface area (Å²) in [7, 11) is 0. The third-order valence-corrected chi connectivity index (χ3v) is 4.93. The lowest BCUT2D eigenvalue weighted by atomic mass is 10.0. The highest BCUT2D eigenvalue weighted by atomic mass is 19.4. The zero-order valence-corrected chi connectivity index (χ0v) is 15.1. The van der Waals surface area contributed by atoms with Crippen molar-refractivity contribution in [3.05, 3.63) is 77.5 Å². The fourth-order valence-corrected chi connectivity index (χ4v) is 3.57. The molecule has 30 heavy (non-hydrogen) atoms. The van der Waals surface area contributed by atoms with Crippen LogP contribution in [-0.2, 0) is 6.18 Å². The first-order chi connectivity index (χ1) is 14.4. The number of anilines is 1. The van der Waals surface area contributed by atoms with Gasteiger partial charge in [-0.25, -0.2) is 9.88 Å². The average molecular weight is 408 g/mol. The molecule has 0 saturated heterocycles. The van der Waals surface area contributed by atoms with E-state index in [0.717, 1.165) is 28.7 Å². The lowest BCUT2D eigenvalue weighted by Crippen LogP contribution is -2.29. The van der Waals surface area contributed by atoms with E-state index in [4.69, 9.17) is 0 Å². The van der Waals surface area contributed by atoms with Crippen molar-refractivity contribution in [3.63, 3.8) is 0 Å². The first-order valence-corrected chi connectivity index (χ1v) is 8.85. The number of H-pyrrole nitrogens is 1. The Morgan fingerprint density at radius 1 is 0.933 bits per heavy atom. The van der Waals surface area contributed by atoms with Crippen LogP contribution in [0.3, 0.4) is 0 Å². The maximum Gasteiger partial charge on any atom is 0.416 e. The van der Waals surface area contributed by atoms with Crippen molar-refractivity contribution in [2.24, 2.45) is 0 Å². The van der Waals surface area contributed by atoms with Crippen molar-refractivity contribution in [1.82, 2.24) is 15.2 Å². The number of aromatic amines is 1. The van der Waals surface area contributed by atoms with Gasteiger partial charge in [-0.05, 0) is 18.2 Å². The van der Waals surface area contributed by atoms with Gasteiger partial charge in [0.15, 0.2) is 5.65 Å². The monoisotopic (exact) mass is 408 g/mol. The van der Waals surface area contributed by atoms with Crippen LogP contribution < -0.4 is 4.90 Å². The molecule has 0 saturated carbocycles. The van der Waals surface area contributed by atoms with Crippen molar-refractivity contribution in [3.8, 4) is 11.3 Å². The molecule has 2 aromatic carbocycles. The normalized spacial score (nSPS) is 13.9. The van der Waals surface area contributed by atoms with E-state index in [1.165, 1.54) is 12.3 Å². The number of hydrogen-bond acceptors (Lipinski definition) is 4. The zero-order chi connectivity index (χ0) is 21.0. The number of halogens is 3. The molecule has 3 heterocycles. The minimum atomic E-state index is -4.60. The Morgan fingerprint density at radius 3 is 2.43 bits per heavy atom. The van der Waals surface area contributed by atoms with Crippen LogP contribution in [0.1, 0.15) is 26.3 Å². The van der Waals surface area contributed by atoms with Crippen molar-refractivity contribution in [2.75, 3.05) is 4.90 Å². The number of carbonyl (C=O) groups excluding carboxylic acids is 2. The number of benzene rings is 2. The first-order valence-electron chi connectivity index (χ1n) is 8.85. The van der Waals surface area contributed by atoms with E-state index in [9.17, 15) is 22.8 Å². The number of pyridine rings is 1. The number of amides is 2. The van der Waals surface area contributed by atoms with Gasteiger partial charge >= 0.3 is 6.18 Å². The zero-order valence-electron chi connectivity index (χ0n) is 15.1. The molecule has 0 spiro atoms. The highest BCUT2D eigenvalue weighted by molar-refractivity contribution is 6.38. The molecule has 0 atom stereocenters. The van der Waals surface area contributed by atoms with E-state index >= 15 is 0 Å². The van der Waals surface area contributed by atoms with Crippen molar-refractivity contribution >= 4 is 28.5 Å². The highest BCUT2D eigenvalue weighted by Crippen LogP contribution is 2.38. The third kappa shape index (κ3) is 2.59. The minimum absolute atomic E-state index is 0.0171. The molecule has 6 nitrogen and oxygen atoms in total. The average Bonchev–Trinajstić information content (AvgIpc) is 3.27. The lowest BCUT2D eigenvalue weighted by molar-refractivity contribution is -0.137. The molecule has 5 rings (SSSR count). The summed E-state index contributed by atoms with van der Waals surface area (Å²) in [6.07, 6.45) is -3.38. The molecule has 9 heteroatoms. The van der Waals surface area contributed by atoms with E-state index in [1.807, 2.05) is 6.07 Å². The van der Waals surface area contributed by atoms with Gasteiger partial charge in [0.1, 0.15) is 0 Å². The predicted octanol–water partition coefficient (Wildman–Crippen LogP) is 4.44. The number of fused-ring (bicyclic) bond motifs is 3. The van der Waals surface area contributed by atoms with E-state index in [0.29, 0.717) is 11.1 Å². The molecule has 0 fully saturated rings. The summed E-state index contributed by atoms with van der Waals surface area (Å²) in [4.78, 5) is 31.0. The standard InChI is InChI=1S/C21H11F3N4O2/c22-21(23,24)12-7-4-8-13(9-12)28-19(29)14-10-25-18-16(15(14)20(28)30)17(26-27-18)11-5-2-1-3-6-11/h1-10H,(H,25,26,27). The molecule has 2 amide bonds. The van der Waals surface area contributed by atoms with E-state index in [-0.39, 0.29) is 22.5 Å². The number of aromatic nitrogens is 3. The third-order valence-electron chi connectivity index (χ3n) is 4.93. The number of imide groups is 1. The Kier molecular flexibility index (Phi) is 3.76. The second-order valence-corrected chi connectivity index (χ2v) is 6.70. The fraction of sp³-hybridized carbons (Fsp3) is 0.0476. The Bertz CT molecular complexity index is 1330. The van der Waals surface area contributed by atoms with Crippen LogP contribution in [0.15, 0.2) is 60.8 Å². The second-order valence-electron chi connectivity index (χ2n) is 6.70. The smallest absolute Gasteiger partial charge is 0.275 e. The Balaban J connectivity index is 1.69. The quantitative estimate of drug-likeness (QED) is 0.497. The number of rotatable bonds is 2. The van der Waals surface area contributed by atoms with Gasteiger partial charge in [-0.3, -0.25) is 14.7 Å². The largest absolute Gasteiger partial charge is 0.416 e. The van der Waals surface area contributed by atoms with Gasteiger partial charge in [-0.2, -0.15) is 18.3 Å². The SMILES string of the molecule is O=C1c2cnc3n[nH]c(-c4ccccc4)c3c2C(=O)N1c1cccc(C(F)(F)F)c1. The summed E-state index contributed by atoms with van der Waals surface area (Å²) in [5.74, 6) is -1.45. The van der Waals surface area contributed by atoms with E-state index in [1.54, 1.807) is 24.3 Å². The number of nitrogens with one attached hydrogen (secondary N) is 1. The predicted molar refractivity (Wildman–Crippen MR) is 102 cm³/mol. The molecular weight excluding hydrogens is 397 g/mol. The van der Waals surface area contributed by atoms with Crippen LogP contribution in [0.25, 0.3) is 22.3 Å². The van der Waals surface area contributed by atoms with Gasteiger partial charge < -0.3 is 0 Å². The van der Waals surface area contributed by atoms with Crippen molar-refractivity contribution in [2.45, 2.75) is 6.18 Å². The molecule has 0 radical (unpaired) electrons. The highest BCUT2D eigenvalue weighted by Gasteiger charge is 2.41. The van der Waals surface area contributed by atoms with Gasteiger partial charge in [0.25, 0.3) is 11.8 Å². The number of carbonyl (C=O) groups is 2. The van der Waals surface area contributed by atoms with Crippen LogP contribution in [0.2, 0.25) is 0 Å². The molecule has 1 N–H and O–H groups in total. The molecule has 148 valence electrons. The minimum Gasteiger partial charge on any atom is -0.275 e. The number of hydrogen-bond donors (Lipinski definition) is 1.